The van der Waals surface area contributed by atoms with E-state index < -0.39 is 17.9 Å². The van der Waals surface area contributed by atoms with Crippen LogP contribution in [0.5, 0.6) is 11.5 Å². The van der Waals surface area contributed by atoms with Crippen molar-refractivity contribution in [3.05, 3.63) is 59.4 Å². The maximum Gasteiger partial charge on any atom is 0.341 e. The van der Waals surface area contributed by atoms with E-state index in [1.54, 1.807) is 6.07 Å². The number of ether oxygens (including phenoxy) is 3. The number of benzene rings is 2. The Balaban J connectivity index is 1.85. The highest BCUT2D eigenvalue weighted by atomic mass is 19.1. The van der Waals surface area contributed by atoms with Crippen LogP contribution in [-0.4, -0.2) is 19.2 Å². The van der Waals surface area contributed by atoms with E-state index in [4.69, 9.17) is 14.2 Å². The number of halogens is 1. The molecule has 1 unspecified atom stereocenters. The first-order valence-corrected chi connectivity index (χ1v) is 12.9. The van der Waals surface area contributed by atoms with Gasteiger partial charge in [-0.05, 0) is 49.1 Å². The topological polar surface area (TPSA) is 44.8 Å². The van der Waals surface area contributed by atoms with Crippen LogP contribution in [0.15, 0.2) is 42.5 Å². The van der Waals surface area contributed by atoms with Crippen molar-refractivity contribution in [1.82, 2.24) is 0 Å². The van der Waals surface area contributed by atoms with Crippen LogP contribution in [0.2, 0.25) is 0 Å². The molecule has 34 heavy (non-hydrogen) atoms. The molecule has 0 aromatic heterocycles. The first kappa shape index (κ1) is 27.7. The molecule has 0 saturated carbocycles. The molecule has 0 radical (unpaired) electrons. The summed E-state index contributed by atoms with van der Waals surface area (Å²) in [6, 6.07) is 11.9. The maximum absolute atomic E-state index is 14.6. The normalized spacial score (nSPS) is 11.8. The van der Waals surface area contributed by atoms with Gasteiger partial charge in [-0.3, -0.25) is 0 Å². The van der Waals surface area contributed by atoms with Crippen molar-refractivity contribution in [3.63, 3.8) is 0 Å². The van der Waals surface area contributed by atoms with E-state index in [-0.39, 0.29) is 5.56 Å². The molecule has 0 aliphatic carbocycles. The Morgan fingerprint density at radius 3 is 1.97 bits per heavy atom. The molecular weight excluding hydrogens is 431 g/mol. The second-order valence-corrected chi connectivity index (χ2v) is 8.68. The molecule has 0 bridgehead atoms. The lowest BCUT2D eigenvalue weighted by molar-refractivity contribution is 0.0282. The molecule has 188 valence electrons. The van der Waals surface area contributed by atoms with E-state index in [9.17, 15) is 9.18 Å². The van der Waals surface area contributed by atoms with Gasteiger partial charge in [0.1, 0.15) is 23.4 Å². The van der Waals surface area contributed by atoms with Crippen molar-refractivity contribution in [3.8, 4) is 11.5 Å². The van der Waals surface area contributed by atoms with E-state index in [2.05, 4.69) is 13.8 Å². The van der Waals surface area contributed by atoms with Crippen LogP contribution in [-0.2, 0) is 4.74 Å². The molecule has 4 nitrogen and oxygen atoms in total. The minimum atomic E-state index is -0.674. The minimum absolute atomic E-state index is 0.0822. The number of hydrogen-bond donors (Lipinski definition) is 0. The summed E-state index contributed by atoms with van der Waals surface area (Å²) >= 11 is 0. The molecule has 2 aromatic rings. The van der Waals surface area contributed by atoms with Gasteiger partial charge < -0.3 is 14.2 Å². The van der Waals surface area contributed by atoms with Gasteiger partial charge in [-0.25, -0.2) is 9.18 Å². The largest absolute Gasteiger partial charge is 0.494 e. The maximum atomic E-state index is 14.6. The van der Waals surface area contributed by atoms with Crippen molar-refractivity contribution in [2.45, 2.75) is 91.1 Å². The summed E-state index contributed by atoms with van der Waals surface area (Å²) in [6.45, 7) is 7.53. The zero-order valence-corrected chi connectivity index (χ0v) is 21.1. The van der Waals surface area contributed by atoms with Crippen LogP contribution in [0, 0.1) is 5.82 Å². The van der Waals surface area contributed by atoms with E-state index in [1.165, 1.54) is 37.8 Å². The molecule has 2 aromatic carbocycles. The number of carbonyl (C=O) groups excluding carboxylic acids is 1. The lowest BCUT2D eigenvalue weighted by Gasteiger charge is -2.17. The Morgan fingerprint density at radius 1 is 0.765 bits per heavy atom. The summed E-state index contributed by atoms with van der Waals surface area (Å²) in [5, 5.41) is 0. The zero-order chi connectivity index (χ0) is 24.6. The van der Waals surface area contributed by atoms with Crippen molar-refractivity contribution in [1.29, 1.82) is 0 Å². The average molecular weight is 473 g/mol. The minimum Gasteiger partial charge on any atom is -0.494 e. The molecule has 2 rings (SSSR count). The standard InChI is InChI=1S/C29H41FO4/c1-4-7-9-10-11-13-21-33-25-18-19-26(27(30)22-25)29(31)34-28(6-3)23-14-16-24(17-15-23)32-20-12-8-5-2/h14-19,22,28H,4-13,20-21H2,1-3H3. The fourth-order valence-electron chi connectivity index (χ4n) is 3.72. The van der Waals surface area contributed by atoms with Crippen molar-refractivity contribution in [2.24, 2.45) is 0 Å². The first-order chi connectivity index (χ1) is 16.6. The molecule has 0 fully saturated rings. The lowest BCUT2D eigenvalue weighted by Crippen LogP contribution is -2.13. The molecule has 0 N–H and O–H groups in total. The summed E-state index contributed by atoms with van der Waals surface area (Å²) in [5.74, 6) is -0.0735. The van der Waals surface area contributed by atoms with Gasteiger partial charge in [-0.15, -0.1) is 0 Å². The quantitative estimate of drug-likeness (QED) is 0.171. The summed E-state index contributed by atoms with van der Waals surface area (Å²) < 4.78 is 31.6. The highest BCUT2D eigenvalue weighted by molar-refractivity contribution is 5.90. The number of carbonyl (C=O) groups is 1. The zero-order valence-electron chi connectivity index (χ0n) is 21.1. The number of hydrogen-bond acceptors (Lipinski definition) is 4. The molecule has 0 aliphatic heterocycles. The molecule has 0 spiro atoms. The highest BCUT2D eigenvalue weighted by Crippen LogP contribution is 2.26. The molecule has 0 aliphatic rings. The number of unbranched alkanes of at least 4 members (excludes halogenated alkanes) is 7. The summed E-state index contributed by atoms with van der Waals surface area (Å²) in [5.41, 5.74) is 0.775. The van der Waals surface area contributed by atoms with E-state index >= 15 is 0 Å². The smallest absolute Gasteiger partial charge is 0.341 e. The van der Waals surface area contributed by atoms with Crippen molar-refractivity contribution >= 4 is 5.97 Å². The summed E-state index contributed by atoms with van der Waals surface area (Å²) in [4.78, 5) is 12.6. The predicted octanol–water partition coefficient (Wildman–Crippen LogP) is 8.44. The van der Waals surface area contributed by atoms with Crippen molar-refractivity contribution < 1.29 is 23.4 Å². The van der Waals surface area contributed by atoms with Crippen LogP contribution in [0.1, 0.15) is 107 Å². The summed E-state index contributed by atoms with van der Waals surface area (Å²) in [6.07, 6.45) is 10.5. The monoisotopic (exact) mass is 472 g/mol. The van der Waals surface area contributed by atoms with Gasteiger partial charge in [0.25, 0.3) is 0 Å². The predicted molar refractivity (Wildman–Crippen MR) is 135 cm³/mol. The Kier molecular flexibility index (Phi) is 13.1. The number of rotatable bonds is 17. The first-order valence-electron chi connectivity index (χ1n) is 12.9. The van der Waals surface area contributed by atoms with Crippen LogP contribution >= 0.6 is 0 Å². The highest BCUT2D eigenvalue weighted by Gasteiger charge is 2.20. The van der Waals surface area contributed by atoms with Gasteiger partial charge in [0, 0.05) is 6.07 Å². The third-order valence-corrected chi connectivity index (χ3v) is 5.82. The molecule has 0 saturated heterocycles. The van der Waals surface area contributed by atoms with E-state index in [0.717, 1.165) is 43.4 Å². The molecule has 1 atom stereocenters. The van der Waals surface area contributed by atoms with Gasteiger partial charge >= 0.3 is 5.97 Å². The van der Waals surface area contributed by atoms with Gasteiger partial charge in [0.2, 0.25) is 0 Å². The van der Waals surface area contributed by atoms with Crippen molar-refractivity contribution in [2.75, 3.05) is 13.2 Å². The Bertz CT molecular complexity index is 835. The van der Waals surface area contributed by atoms with E-state index in [1.807, 2.05) is 31.2 Å². The van der Waals surface area contributed by atoms with Gasteiger partial charge in [0.05, 0.1) is 18.8 Å². The van der Waals surface area contributed by atoms with E-state index in [0.29, 0.717) is 25.4 Å². The summed E-state index contributed by atoms with van der Waals surface area (Å²) in [7, 11) is 0. The van der Waals surface area contributed by atoms with Crippen LogP contribution < -0.4 is 9.47 Å². The van der Waals surface area contributed by atoms with Gasteiger partial charge in [-0.2, -0.15) is 0 Å². The fourth-order valence-corrected chi connectivity index (χ4v) is 3.72. The third-order valence-electron chi connectivity index (χ3n) is 5.82. The second-order valence-electron chi connectivity index (χ2n) is 8.68. The SMILES string of the molecule is CCCCCCCCOc1ccc(C(=O)OC(CC)c2ccc(OCCCCC)cc2)c(F)c1. The number of esters is 1. The van der Waals surface area contributed by atoms with Gasteiger partial charge in [0.15, 0.2) is 0 Å². The Labute approximate surface area is 204 Å². The van der Waals surface area contributed by atoms with Gasteiger partial charge in [-0.1, -0.05) is 77.8 Å². The molecule has 0 heterocycles. The Hall–Kier alpha value is -2.56. The van der Waals surface area contributed by atoms with Crippen LogP contribution in [0.3, 0.4) is 0 Å². The third kappa shape index (κ3) is 9.74. The molecule has 0 amide bonds. The second kappa shape index (κ2) is 16.1. The van der Waals surface area contributed by atoms with Crippen LogP contribution in [0.25, 0.3) is 0 Å². The van der Waals surface area contributed by atoms with Crippen LogP contribution in [0.4, 0.5) is 4.39 Å². The lowest BCUT2D eigenvalue weighted by atomic mass is 10.1. The Morgan fingerprint density at radius 2 is 1.32 bits per heavy atom. The fraction of sp³-hybridized carbons (Fsp3) is 0.552. The molecular formula is C29H41FO4. The molecule has 5 heteroatoms. The average Bonchev–Trinajstić information content (AvgIpc) is 2.85.